The van der Waals surface area contributed by atoms with Gasteiger partial charge in [0.25, 0.3) is 0 Å². The minimum atomic E-state index is -0.368. The number of anilines is 4. The Balaban J connectivity index is 1.64. The highest BCUT2D eigenvalue weighted by atomic mass is 32.1. The van der Waals surface area contributed by atoms with E-state index < -0.39 is 0 Å². The Labute approximate surface area is 230 Å². The molecule has 4 aromatic rings. The maximum Gasteiger partial charge on any atom is 0.247 e. The first-order chi connectivity index (χ1) is 18.8. The van der Waals surface area contributed by atoms with Crippen molar-refractivity contribution in [3.8, 4) is 27.0 Å². The molecular formula is C27H29FN8O2S. The van der Waals surface area contributed by atoms with Gasteiger partial charge in [-0.3, -0.25) is 4.79 Å². The number of ether oxygens (including phenoxy) is 1. The molecule has 2 N–H and O–H groups in total. The average molecular weight is 549 g/mol. The first kappa shape index (κ1) is 27.6. The second-order valence-corrected chi connectivity index (χ2v) is 9.75. The van der Waals surface area contributed by atoms with E-state index in [9.17, 15) is 9.18 Å². The van der Waals surface area contributed by atoms with Gasteiger partial charge in [0.05, 0.1) is 24.2 Å². The number of nitrogens with one attached hydrogen (secondary N) is 2. The monoisotopic (exact) mass is 548 g/mol. The van der Waals surface area contributed by atoms with E-state index in [4.69, 9.17) is 4.74 Å². The van der Waals surface area contributed by atoms with Crippen LogP contribution in [0.15, 0.2) is 61.3 Å². The van der Waals surface area contributed by atoms with Crippen molar-refractivity contribution in [1.29, 1.82) is 0 Å². The normalized spacial score (nSPS) is 10.8. The maximum atomic E-state index is 14.2. The molecule has 0 aliphatic heterocycles. The van der Waals surface area contributed by atoms with E-state index in [0.717, 1.165) is 18.8 Å². The zero-order valence-electron chi connectivity index (χ0n) is 22.1. The number of hydrogen-bond donors (Lipinski definition) is 2. The molecule has 0 radical (unpaired) electrons. The largest absolute Gasteiger partial charge is 0.494 e. The highest BCUT2D eigenvalue weighted by molar-refractivity contribution is 7.17. The topological polar surface area (TPSA) is 108 Å². The summed E-state index contributed by atoms with van der Waals surface area (Å²) in [7, 11) is 7.50. The summed E-state index contributed by atoms with van der Waals surface area (Å²) in [6.45, 7) is 5.10. The van der Waals surface area contributed by atoms with E-state index in [1.165, 1.54) is 23.5 Å². The zero-order chi connectivity index (χ0) is 27.9. The number of nitrogens with zero attached hydrogens (tertiary/aromatic N) is 6. The van der Waals surface area contributed by atoms with Crippen molar-refractivity contribution in [3.05, 3.63) is 67.1 Å². The van der Waals surface area contributed by atoms with Gasteiger partial charge in [0.15, 0.2) is 10.0 Å². The van der Waals surface area contributed by atoms with Crippen molar-refractivity contribution in [2.45, 2.75) is 0 Å². The van der Waals surface area contributed by atoms with Gasteiger partial charge in [0.2, 0.25) is 11.9 Å². The molecule has 1 amide bonds. The van der Waals surface area contributed by atoms with Gasteiger partial charge in [-0.05, 0) is 44.4 Å². The summed E-state index contributed by atoms with van der Waals surface area (Å²) in [5.74, 6) is 0.106. The van der Waals surface area contributed by atoms with E-state index in [-0.39, 0.29) is 17.7 Å². The third-order valence-electron chi connectivity index (χ3n) is 5.71. The minimum Gasteiger partial charge on any atom is -0.494 e. The van der Waals surface area contributed by atoms with E-state index in [1.54, 1.807) is 43.6 Å². The van der Waals surface area contributed by atoms with Gasteiger partial charge in [-0.25, -0.2) is 14.4 Å². The lowest BCUT2D eigenvalue weighted by atomic mass is 10.2. The van der Waals surface area contributed by atoms with Crippen LogP contribution < -0.4 is 20.3 Å². The number of amides is 1. The summed E-state index contributed by atoms with van der Waals surface area (Å²) in [6, 6.07) is 11.7. The van der Waals surface area contributed by atoms with Crippen LogP contribution in [-0.2, 0) is 4.79 Å². The fraction of sp³-hybridized carbons (Fsp3) is 0.222. The van der Waals surface area contributed by atoms with E-state index in [1.807, 2.05) is 32.1 Å². The summed E-state index contributed by atoms with van der Waals surface area (Å²) >= 11 is 1.23. The Kier molecular flexibility index (Phi) is 8.79. The van der Waals surface area contributed by atoms with Crippen LogP contribution in [0.25, 0.3) is 21.3 Å². The van der Waals surface area contributed by atoms with Crippen molar-refractivity contribution in [3.63, 3.8) is 0 Å². The predicted molar refractivity (Wildman–Crippen MR) is 153 cm³/mol. The SMILES string of the molecule is C=CC(=O)Nc1cc(Nc2nccc(-c3nnc(-c4ccccc4F)s3)n2)c(OC)cc1N(C)CCN(C)C. The molecule has 0 atom stereocenters. The van der Waals surface area contributed by atoms with Gasteiger partial charge < -0.3 is 25.2 Å². The molecule has 2 aromatic heterocycles. The Morgan fingerprint density at radius 3 is 2.59 bits per heavy atom. The van der Waals surface area contributed by atoms with Crippen LogP contribution >= 0.6 is 11.3 Å². The lowest BCUT2D eigenvalue weighted by molar-refractivity contribution is -0.111. The number of rotatable bonds is 11. The molecule has 0 aliphatic carbocycles. The van der Waals surface area contributed by atoms with Crippen molar-refractivity contribution in [2.24, 2.45) is 0 Å². The number of methoxy groups -OCH3 is 1. The van der Waals surface area contributed by atoms with Crippen molar-refractivity contribution < 1.29 is 13.9 Å². The second kappa shape index (κ2) is 12.4. The van der Waals surface area contributed by atoms with E-state index in [2.05, 4.69) is 42.3 Å². The number of carbonyl (C=O) groups is 1. The first-order valence-electron chi connectivity index (χ1n) is 12.0. The van der Waals surface area contributed by atoms with E-state index >= 15 is 0 Å². The van der Waals surface area contributed by atoms with Crippen LogP contribution in [0.2, 0.25) is 0 Å². The van der Waals surface area contributed by atoms with Gasteiger partial charge in [-0.2, -0.15) is 0 Å². The summed E-state index contributed by atoms with van der Waals surface area (Å²) < 4.78 is 19.9. The van der Waals surface area contributed by atoms with Gasteiger partial charge in [0, 0.05) is 38.0 Å². The zero-order valence-corrected chi connectivity index (χ0v) is 22.9. The molecule has 39 heavy (non-hydrogen) atoms. The van der Waals surface area contributed by atoms with Crippen LogP contribution in [0.5, 0.6) is 5.75 Å². The molecule has 12 heteroatoms. The second-order valence-electron chi connectivity index (χ2n) is 8.77. The maximum absolute atomic E-state index is 14.2. The molecule has 0 fully saturated rings. The van der Waals surface area contributed by atoms with Gasteiger partial charge >= 0.3 is 0 Å². The smallest absolute Gasteiger partial charge is 0.247 e. The highest BCUT2D eigenvalue weighted by Crippen LogP contribution is 2.38. The molecule has 2 aromatic carbocycles. The van der Waals surface area contributed by atoms with Crippen LogP contribution in [-0.4, -0.2) is 72.3 Å². The van der Waals surface area contributed by atoms with Gasteiger partial charge in [0.1, 0.15) is 17.3 Å². The fourth-order valence-corrected chi connectivity index (χ4v) is 4.47. The molecule has 0 unspecified atom stereocenters. The predicted octanol–water partition coefficient (Wildman–Crippen LogP) is 4.68. The number of likely N-dealkylation sites (N-methyl/N-ethyl adjacent to an activating group) is 2. The quantitative estimate of drug-likeness (QED) is 0.258. The third-order valence-corrected chi connectivity index (χ3v) is 6.68. The molecule has 202 valence electrons. The first-order valence-corrected chi connectivity index (χ1v) is 12.8. The Morgan fingerprint density at radius 2 is 1.87 bits per heavy atom. The Morgan fingerprint density at radius 1 is 1.10 bits per heavy atom. The lowest BCUT2D eigenvalue weighted by Crippen LogP contribution is -2.29. The molecule has 0 bridgehead atoms. The summed E-state index contributed by atoms with van der Waals surface area (Å²) in [5.41, 5.74) is 2.79. The average Bonchev–Trinajstić information content (AvgIpc) is 3.42. The van der Waals surface area contributed by atoms with Crippen molar-refractivity contribution in [2.75, 3.05) is 56.9 Å². The molecule has 2 heterocycles. The number of carbonyl (C=O) groups excluding carboxylic acids is 1. The number of benzene rings is 2. The summed E-state index contributed by atoms with van der Waals surface area (Å²) in [5, 5.41) is 15.3. The third kappa shape index (κ3) is 6.72. The van der Waals surface area contributed by atoms with Crippen molar-refractivity contribution >= 4 is 40.3 Å². The Bertz CT molecular complexity index is 1480. The van der Waals surface area contributed by atoms with E-state index in [0.29, 0.717) is 38.4 Å². The minimum absolute atomic E-state index is 0.281. The number of halogens is 1. The van der Waals surface area contributed by atoms with Crippen LogP contribution in [0, 0.1) is 5.82 Å². The van der Waals surface area contributed by atoms with Crippen LogP contribution in [0.3, 0.4) is 0 Å². The fourth-order valence-electron chi connectivity index (χ4n) is 3.63. The molecule has 10 nitrogen and oxygen atoms in total. The Hall–Kier alpha value is -4.42. The number of hydrogen-bond acceptors (Lipinski definition) is 10. The standard InChI is InChI=1S/C27H29FN8O2S/c1-6-24(37)30-20-15-21(23(38-5)16-22(20)36(4)14-13-35(2)3)32-27-29-12-11-19(31-27)26-34-33-25(39-26)17-9-7-8-10-18(17)28/h6-12,15-16H,1,13-14H2,2-5H3,(H,30,37)(H,29,31,32). The molecule has 0 saturated heterocycles. The summed E-state index contributed by atoms with van der Waals surface area (Å²) in [6.07, 6.45) is 2.80. The van der Waals surface area contributed by atoms with Gasteiger partial charge in [-0.15, -0.1) is 10.2 Å². The molecule has 0 saturated carbocycles. The van der Waals surface area contributed by atoms with Crippen LogP contribution in [0.4, 0.5) is 27.4 Å². The van der Waals surface area contributed by atoms with Crippen molar-refractivity contribution in [1.82, 2.24) is 25.1 Å². The molecule has 0 aliphatic rings. The molecule has 4 rings (SSSR count). The summed E-state index contributed by atoms with van der Waals surface area (Å²) in [4.78, 5) is 25.2. The highest BCUT2D eigenvalue weighted by Gasteiger charge is 2.18. The number of aromatic nitrogens is 4. The van der Waals surface area contributed by atoms with Crippen LogP contribution in [0.1, 0.15) is 0 Å². The molecular weight excluding hydrogens is 519 g/mol. The lowest BCUT2D eigenvalue weighted by Gasteiger charge is -2.26. The molecule has 0 spiro atoms. The van der Waals surface area contributed by atoms with Gasteiger partial charge in [-0.1, -0.05) is 30.0 Å².